The van der Waals surface area contributed by atoms with Crippen molar-refractivity contribution in [1.29, 1.82) is 0 Å². The summed E-state index contributed by atoms with van der Waals surface area (Å²) >= 11 is 0. The number of rotatable bonds is 6. The molecule has 1 fully saturated rings. The van der Waals surface area contributed by atoms with Gasteiger partial charge < -0.3 is 20.1 Å². The van der Waals surface area contributed by atoms with Crippen molar-refractivity contribution in [2.24, 2.45) is 0 Å². The molecule has 0 radical (unpaired) electrons. The fourth-order valence-corrected chi connectivity index (χ4v) is 3.12. The lowest BCUT2D eigenvalue weighted by molar-refractivity contribution is 0.0932. The Hall–Kier alpha value is -2.83. The topological polar surface area (TPSA) is 85.4 Å². The number of anilines is 2. The summed E-state index contributed by atoms with van der Waals surface area (Å²) in [5.74, 6) is 2.23. The van der Waals surface area contributed by atoms with Gasteiger partial charge in [-0.3, -0.25) is 4.79 Å². The predicted octanol–water partition coefficient (Wildman–Crippen LogP) is 3.22. The predicted molar refractivity (Wildman–Crippen MR) is 99.3 cm³/mol. The van der Waals surface area contributed by atoms with E-state index in [4.69, 9.17) is 9.47 Å². The monoisotopic (exact) mass is 356 g/mol. The lowest BCUT2D eigenvalue weighted by Gasteiger charge is -2.14. The van der Waals surface area contributed by atoms with Gasteiger partial charge in [-0.05, 0) is 31.9 Å². The molecule has 1 aliphatic rings. The number of benzene rings is 1. The molecule has 0 atom stereocenters. The molecule has 1 aromatic heterocycles. The summed E-state index contributed by atoms with van der Waals surface area (Å²) in [4.78, 5) is 21.1. The molecular weight excluding hydrogens is 332 g/mol. The van der Waals surface area contributed by atoms with Crippen molar-refractivity contribution >= 4 is 17.4 Å². The number of hydrogen-bond acceptors (Lipinski definition) is 6. The van der Waals surface area contributed by atoms with Crippen molar-refractivity contribution in [3.05, 3.63) is 35.8 Å². The number of aromatic nitrogens is 2. The van der Waals surface area contributed by atoms with Crippen LogP contribution in [0, 0.1) is 6.92 Å². The van der Waals surface area contributed by atoms with Crippen molar-refractivity contribution in [3.8, 4) is 11.5 Å². The van der Waals surface area contributed by atoms with Crippen molar-refractivity contribution < 1.29 is 14.3 Å². The number of nitrogens with one attached hydrogen (secondary N) is 2. The maximum Gasteiger partial charge on any atom is 0.270 e. The molecule has 26 heavy (non-hydrogen) atoms. The Morgan fingerprint density at radius 3 is 2.58 bits per heavy atom. The quantitative estimate of drug-likeness (QED) is 0.827. The third-order valence-electron chi connectivity index (χ3n) is 4.43. The van der Waals surface area contributed by atoms with Crippen molar-refractivity contribution in [2.45, 2.75) is 38.6 Å². The first kappa shape index (κ1) is 18.0. The van der Waals surface area contributed by atoms with E-state index >= 15 is 0 Å². The summed E-state index contributed by atoms with van der Waals surface area (Å²) in [6.07, 6.45) is 4.39. The molecule has 2 N–H and O–H groups in total. The minimum atomic E-state index is -0.160. The summed E-state index contributed by atoms with van der Waals surface area (Å²) in [6, 6.07) is 7.35. The lowest BCUT2D eigenvalue weighted by Crippen LogP contribution is -2.33. The van der Waals surface area contributed by atoms with Crippen LogP contribution in [0.2, 0.25) is 0 Å². The molecule has 1 aromatic carbocycles. The molecule has 1 saturated carbocycles. The van der Waals surface area contributed by atoms with Gasteiger partial charge >= 0.3 is 0 Å². The molecule has 0 bridgehead atoms. The van der Waals surface area contributed by atoms with E-state index in [1.807, 2.05) is 12.1 Å². The number of hydrogen-bond donors (Lipinski definition) is 2. The zero-order chi connectivity index (χ0) is 18.5. The van der Waals surface area contributed by atoms with Gasteiger partial charge in [0.05, 0.1) is 19.9 Å². The number of methoxy groups -OCH3 is 2. The van der Waals surface area contributed by atoms with E-state index < -0.39 is 0 Å². The van der Waals surface area contributed by atoms with Gasteiger partial charge in [0.25, 0.3) is 5.91 Å². The zero-order valence-electron chi connectivity index (χ0n) is 15.3. The second-order valence-corrected chi connectivity index (χ2v) is 6.33. The highest BCUT2D eigenvalue weighted by atomic mass is 16.5. The van der Waals surface area contributed by atoms with Crippen LogP contribution in [0.1, 0.15) is 42.0 Å². The molecule has 7 heteroatoms. The maximum atomic E-state index is 12.5. The van der Waals surface area contributed by atoms with Crippen LogP contribution in [0.5, 0.6) is 11.5 Å². The zero-order valence-corrected chi connectivity index (χ0v) is 15.3. The molecule has 1 amide bonds. The number of carbonyl (C=O) groups excluding carboxylic acids is 1. The number of nitrogens with zero attached hydrogens (tertiary/aromatic N) is 2. The Kier molecular flexibility index (Phi) is 5.55. The van der Waals surface area contributed by atoms with E-state index in [0.29, 0.717) is 28.8 Å². The fraction of sp³-hybridized carbons (Fsp3) is 0.421. The highest BCUT2D eigenvalue weighted by Gasteiger charge is 2.19. The molecule has 1 aliphatic carbocycles. The molecule has 7 nitrogen and oxygen atoms in total. The first-order chi connectivity index (χ1) is 12.6. The molecule has 2 aromatic rings. The van der Waals surface area contributed by atoms with Gasteiger partial charge in [-0.15, -0.1) is 0 Å². The van der Waals surface area contributed by atoms with Crippen LogP contribution in [0.3, 0.4) is 0 Å². The van der Waals surface area contributed by atoms with Gasteiger partial charge in [0.2, 0.25) is 0 Å². The van der Waals surface area contributed by atoms with Gasteiger partial charge in [0, 0.05) is 18.2 Å². The van der Waals surface area contributed by atoms with Gasteiger partial charge in [0.1, 0.15) is 28.8 Å². The highest BCUT2D eigenvalue weighted by Crippen LogP contribution is 2.31. The largest absolute Gasteiger partial charge is 0.497 e. The summed E-state index contributed by atoms with van der Waals surface area (Å²) in [5.41, 5.74) is 1.09. The Morgan fingerprint density at radius 2 is 1.88 bits per heavy atom. The van der Waals surface area contributed by atoms with Gasteiger partial charge in [-0.2, -0.15) is 0 Å². The third kappa shape index (κ3) is 4.22. The van der Waals surface area contributed by atoms with Crippen molar-refractivity contribution in [2.75, 3.05) is 19.5 Å². The van der Waals surface area contributed by atoms with Gasteiger partial charge in [-0.1, -0.05) is 12.8 Å². The van der Waals surface area contributed by atoms with E-state index in [2.05, 4.69) is 20.6 Å². The molecule has 0 spiro atoms. The Balaban J connectivity index is 1.80. The van der Waals surface area contributed by atoms with E-state index in [-0.39, 0.29) is 11.9 Å². The van der Waals surface area contributed by atoms with Crippen molar-refractivity contribution in [3.63, 3.8) is 0 Å². The SMILES string of the molecule is COc1ccc(Nc2cc(C(=O)NC3CCCC3)nc(C)n2)c(OC)c1. The van der Waals surface area contributed by atoms with E-state index in [1.165, 1.54) is 0 Å². The van der Waals surface area contributed by atoms with Crippen LogP contribution in [-0.2, 0) is 0 Å². The second-order valence-electron chi connectivity index (χ2n) is 6.33. The van der Waals surface area contributed by atoms with Crippen LogP contribution >= 0.6 is 0 Å². The Labute approximate surface area is 153 Å². The fourth-order valence-electron chi connectivity index (χ4n) is 3.12. The molecule has 138 valence electrons. The third-order valence-corrected chi connectivity index (χ3v) is 4.43. The molecule has 3 rings (SSSR count). The van der Waals surface area contributed by atoms with Crippen LogP contribution in [0.25, 0.3) is 0 Å². The second kappa shape index (κ2) is 8.03. The van der Waals surface area contributed by atoms with E-state index in [0.717, 1.165) is 31.4 Å². The minimum Gasteiger partial charge on any atom is -0.497 e. The number of ether oxygens (including phenoxy) is 2. The summed E-state index contributed by atoms with van der Waals surface area (Å²) < 4.78 is 10.6. The molecule has 1 heterocycles. The van der Waals surface area contributed by atoms with Crippen LogP contribution in [-0.4, -0.2) is 36.1 Å². The van der Waals surface area contributed by atoms with Gasteiger partial charge in [-0.25, -0.2) is 9.97 Å². The van der Waals surface area contributed by atoms with E-state index in [1.54, 1.807) is 33.3 Å². The number of aryl methyl sites for hydroxylation is 1. The summed E-state index contributed by atoms with van der Waals surface area (Å²) in [7, 11) is 3.19. The number of carbonyl (C=O) groups is 1. The highest BCUT2D eigenvalue weighted by molar-refractivity contribution is 5.93. The average Bonchev–Trinajstić information content (AvgIpc) is 3.14. The minimum absolute atomic E-state index is 0.160. The first-order valence-corrected chi connectivity index (χ1v) is 8.74. The maximum absolute atomic E-state index is 12.5. The molecule has 0 aliphatic heterocycles. The Morgan fingerprint density at radius 1 is 1.12 bits per heavy atom. The smallest absolute Gasteiger partial charge is 0.270 e. The van der Waals surface area contributed by atoms with Crippen LogP contribution in [0.15, 0.2) is 24.3 Å². The van der Waals surface area contributed by atoms with Crippen molar-refractivity contribution in [1.82, 2.24) is 15.3 Å². The molecule has 0 saturated heterocycles. The lowest BCUT2D eigenvalue weighted by atomic mass is 10.2. The normalized spacial score (nSPS) is 14.1. The van der Waals surface area contributed by atoms with Crippen LogP contribution < -0.4 is 20.1 Å². The summed E-state index contributed by atoms with van der Waals surface area (Å²) in [5, 5.41) is 6.25. The molecular formula is C19H24N4O3. The number of amides is 1. The van der Waals surface area contributed by atoms with Crippen LogP contribution in [0.4, 0.5) is 11.5 Å². The first-order valence-electron chi connectivity index (χ1n) is 8.74. The standard InChI is InChI=1S/C19H24N4O3/c1-12-20-16(19(24)22-13-6-4-5-7-13)11-18(21-12)23-15-9-8-14(25-2)10-17(15)26-3/h8-11,13H,4-7H2,1-3H3,(H,22,24)(H,20,21,23). The molecule has 0 unspecified atom stereocenters. The van der Waals surface area contributed by atoms with E-state index in [9.17, 15) is 4.79 Å². The van der Waals surface area contributed by atoms with Gasteiger partial charge in [0.15, 0.2) is 0 Å². The average molecular weight is 356 g/mol. The Bertz CT molecular complexity index is 788. The summed E-state index contributed by atoms with van der Waals surface area (Å²) in [6.45, 7) is 1.77.